The van der Waals surface area contributed by atoms with Gasteiger partial charge in [0.15, 0.2) is 0 Å². The van der Waals surface area contributed by atoms with Crippen molar-refractivity contribution in [2.75, 3.05) is 6.61 Å². The van der Waals surface area contributed by atoms with Gasteiger partial charge in [-0.15, -0.1) is 0 Å². The molecule has 3 aromatic rings. The van der Waals surface area contributed by atoms with Gasteiger partial charge in [0.2, 0.25) is 0 Å². The lowest BCUT2D eigenvalue weighted by atomic mass is 9.90. The standard InChI is InChI=1S/C22H22ClN3O6/c23-16-6-3-13(21-20(30)19(29)18(28)17(9-27)32-21)8-14(16)7-12-1-4-15(5-2-12)31-22-25-10-24-11-26-22/h1-6,8,10-11,17-21,27-30H,7,9H2/t17-,18-,19+,20-,21+/m1/s1. The summed E-state index contributed by atoms with van der Waals surface area (Å²) in [6.07, 6.45) is -2.91. The summed E-state index contributed by atoms with van der Waals surface area (Å²) < 4.78 is 11.2. The minimum Gasteiger partial charge on any atom is -0.424 e. The number of hydrogen-bond donors (Lipinski definition) is 4. The maximum Gasteiger partial charge on any atom is 0.324 e. The van der Waals surface area contributed by atoms with E-state index in [-0.39, 0.29) is 6.01 Å². The van der Waals surface area contributed by atoms with Crippen molar-refractivity contribution in [2.24, 2.45) is 0 Å². The number of benzene rings is 2. The minimum absolute atomic E-state index is 0.197. The van der Waals surface area contributed by atoms with E-state index in [0.29, 0.717) is 22.8 Å². The van der Waals surface area contributed by atoms with Gasteiger partial charge in [-0.2, -0.15) is 9.97 Å². The molecule has 0 bridgehead atoms. The summed E-state index contributed by atoms with van der Waals surface area (Å²) in [7, 11) is 0. The minimum atomic E-state index is -1.44. The van der Waals surface area contributed by atoms with Crippen LogP contribution in [0.5, 0.6) is 11.8 Å². The Morgan fingerprint density at radius 1 is 0.938 bits per heavy atom. The molecule has 1 aromatic heterocycles. The zero-order valence-corrected chi connectivity index (χ0v) is 17.6. The van der Waals surface area contributed by atoms with Crippen LogP contribution in [0.4, 0.5) is 0 Å². The van der Waals surface area contributed by atoms with Gasteiger partial charge in [0.05, 0.1) is 6.61 Å². The van der Waals surface area contributed by atoms with E-state index in [1.807, 2.05) is 12.1 Å². The summed E-state index contributed by atoms with van der Waals surface area (Å²) in [5, 5.41) is 40.4. The largest absolute Gasteiger partial charge is 0.424 e. The average molecular weight is 460 g/mol. The lowest BCUT2D eigenvalue weighted by Crippen LogP contribution is -2.55. The molecule has 0 amide bonds. The first kappa shape index (κ1) is 22.5. The molecule has 0 radical (unpaired) electrons. The van der Waals surface area contributed by atoms with Gasteiger partial charge in [0.1, 0.15) is 48.9 Å². The monoisotopic (exact) mass is 459 g/mol. The van der Waals surface area contributed by atoms with Gasteiger partial charge in [0.25, 0.3) is 0 Å². The zero-order chi connectivity index (χ0) is 22.7. The van der Waals surface area contributed by atoms with Gasteiger partial charge in [-0.3, -0.25) is 0 Å². The van der Waals surface area contributed by atoms with Crippen LogP contribution in [-0.4, -0.2) is 66.4 Å². The van der Waals surface area contributed by atoms with Gasteiger partial charge in [-0.1, -0.05) is 35.9 Å². The van der Waals surface area contributed by atoms with E-state index in [2.05, 4.69) is 15.0 Å². The topological polar surface area (TPSA) is 138 Å². The first-order valence-corrected chi connectivity index (χ1v) is 10.3. The molecule has 0 spiro atoms. The maximum absolute atomic E-state index is 10.4. The molecule has 1 fully saturated rings. The van der Waals surface area contributed by atoms with Crippen LogP contribution in [0.15, 0.2) is 55.1 Å². The fourth-order valence-electron chi connectivity index (χ4n) is 3.57. The second-order valence-electron chi connectivity index (χ2n) is 7.44. The summed E-state index contributed by atoms with van der Waals surface area (Å²) in [6, 6.07) is 12.7. The van der Waals surface area contributed by atoms with Crippen molar-refractivity contribution in [3.05, 3.63) is 76.8 Å². The molecule has 2 aromatic carbocycles. The van der Waals surface area contributed by atoms with E-state index < -0.39 is 37.1 Å². The second kappa shape index (κ2) is 9.86. The lowest BCUT2D eigenvalue weighted by molar-refractivity contribution is -0.231. The third-order valence-electron chi connectivity index (χ3n) is 5.29. The Bertz CT molecular complexity index is 1040. The molecular weight excluding hydrogens is 438 g/mol. The van der Waals surface area contributed by atoms with E-state index in [1.165, 1.54) is 12.7 Å². The van der Waals surface area contributed by atoms with Crippen molar-refractivity contribution in [3.63, 3.8) is 0 Å². The average Bonchev–Trinajstić information content (AvgIpc) is 2.81. The van der Waals surface area contributed by atoms with Crippen molar-refractivity contribution in [3.8, 4) is 11.8 Å². The SMILES string of the molecule is OC[C@H]1O[C@@H](c2ccc(Cl)c(Cc3ccc(Oc4ncncn4)cc3)c2)[C@H](O)[C@@H](O)[C@@H]1O. The Hall–Kier alpha value is -2.66. The molecule has 0 aliphatic carbocycles. The second-order valence-corrected chi connectivity index (χ2v) is 7.85. The molecule has 9 nitrogen and oxygen atoms in total. The van der Waals surface area contributed by atoms with E-state index in [9.17, 15) is 20.4 Å². The number of rotatable bonds is 6. The molecule has 0 unspecified atom stereocenters. The zero-order valence-electron chi connectivity index (χ0n) is 16.8. The Morgan fingerprint density at radius 3 is 2.34 bits per heavy atom. The predicted octanol–water partition coefficient (Wildman–Crippen LogP) is 1.42. The van der Waals surface area contributed by atoms with Crippen LogP contribution in [0, 0.1) is 0 Å². The van der Waals surface area contributed by atoms with E-state index >= 15 is 0 Å². The number of ether oxygens (including phenoxy) is 2. The van der Waals surface area contributed by atoms with Gasteiger partial charge in [-0.25, -0.2) is 4.98 Å². The van der Waals surface area contributed by atoms with Crippen LogP contribution in [0.25, 0.3) is 0 Å². The summed E-state index contributed by atoms with van der Waals surface area (Å²) in [5.74, 6) is 0.570. The van der Waals surface area contributed by atoms with Gasteiger partial charge < -0.3 is 29.9 Å². The molecule has 10 heteroatoms. The number of halogens is 1. The summed E-state index contributed by atoms with van der Waals surface area (Å²) in [5.41, 5.74) is 2.32. The summed E-state index contributed by atoms with van der Waals surface area (Å²) in [6.45, 7) is -0.485. The van der Waals surface area contributed by atoms with Crippen molar-refractivity contribution < 1.29 is 29.9 Å². The number of aromatic nitrogens is 3. The Balaban J connectivity index is 1.50. The molecule has 0 saturated carbocycles. The van der Waals surface area contributed by atoms with Crippen LogP contribution in [0.1, 0.15) is 22.8 Å². The highest BCUT2D eigenvalue weighted by Gasteiger charge is 2.44. The molecule has 32 heavy (non-hydrogen) atoms. The van der Waals surface area contributed by atoms with Gasteiger partial charge in [-0.05, 0) is 41.3 Å². The predicted molar refractivity (Wildman–Crippen MR) is 113 cm³/mol. The number of hydrogen-bond acceptors (Lipinski definition) is 9. The first-order valence-electron chi connectivity index (χ1n) is 9.94. The highest BCUT2D eigenvalue weighted by atomic mass is 35.5. The maximum atomic E-state index is 10.4. The molecule has 2 heterocycles. The molecule has 1 aliphatic heterocycles. The summed E-state index contributed by atoms with van der Waals surface area (Å²) in [4.78, 5) is 11.6. The molecular formula is C22H22ClN3O6. The van der Waals surface area contributed by atoms with Crippen LogP contribution >= 0.6 is 11.6 Å². The molecule has 4 N–H and O–H groups in total. The van der Waals surface area contributed by atoms with E-state index in [1.54, 1.807) is 30.3 Å². The smallest absolute Gasteiger partial charge is 0.324 e. The molecule has 168 valence electrons. The number of aliphatic hydroxyl groups is 4. The van der Waals surface area contributed by atoms with Gasteiger partial charge >= 0.3 is 6.01 Å². The van der Waals surface area contributed by atoms with Gasteiger partial charge in [0, 0.05) is 5.02 Å². The van der Waals surface area contributed by atoms with E-state index in [0.717, 1.165) is 11.1 Å². The highest BCUT2D eigenvalue weighted by molar-refractivity contribution is 6.31. The van der Waals surface area contributed by atoms with Crippen molar-refractivity contribution in [1.82, 2.24) is 15.0 Å². The Morgan fingerprint density at radius 2 is 1.66 bits per heavy atom. The third kappa shape index (κ3) is 4.88. The normalized spacial score (nSPS) is 25.5. The van der Waals surface area contributed by atoms with E-state index in [4.69, 9.17) is 21.1 Å². The highest BCUT2D eigenvalue weighted by Crippen LogP contribution is 2.34. The fourth-order valence-corrected chi connectivity index (χ4v) is 3.75. The first-order chi connectivity index (χ1) is 15.5. The Kier molecular flexibility index (Phi) is 6.95. The quantitative estimate of drug-likeness (QED) is 0.431. The number of nitrogens with zero attached hydrogens (tertiary/aromatic N) is 3. The summed E-state index contributed by atoms with van der Waals surface area (Å²) >= 11 is 6.39. The lowest BCUT2D eigenvalue weighted by Gasteiger charge is -2.40. The van der Waals surface area contributed by atoms with Crippen LogP contribution in [-0.2, 0) is 11.2 Å². The van der Waals surface area contributed by atoms with Crippen LogP contribution < -0.4 is 4.74 Å². The molecule has 1 saturated heterocycles. The van der Waals surface area contributed by atoms with Crippen LogP contribution in [0.3, 0.4) is 0 Å². The third-order valence-corrected chi connectivity index (χ3v) is 5.66. The van der Waals surface area contributed by atoms with Crippen molar-refractivity contribution >= 4 is 11.6 Å². The fraction of sp³-hybridized carbons (Fsp3) is 0.318. The van der Waals surface area contributed by atoms with Crippen molar-refractivity contribution in [1.29, 1.82) is 0 Å². The van der Waals surface area contributed by atoms with Crippen LogP contribution in [0.2, 0.25) is 5.02 Å². The molecule has 5 atom stereocenters. The Labute approximate surface area is 188 Å². The molecule has 1 aliphatic rings. The number of aliphatic hydroxyl groups excluding tert-OH is 4. The molecule has 4 rings (SSSR count). The van der Waals surface area contributed by atoms with Crippen molar-refractivity contribution in [2.45, 2.75) is 36.9 Å².